The third-order valence-electron chi connectivity index (χ3n) is 4.40. The van der Waals surface area contributed by atoms with Gasteiger partial charge in [0.05, 0.1) is 11.1 Å². The SMILES string of the molecule is Oc1c(C(Nc2ccc(Cl)cn2)c2c(Cl)cccc2Cl)ccc2cccnc12. The van der Waals surface area contributed by atoms with Crippen molar-refractivity contribution in [1.29, 1.82) is 0 Å². The molecule has 0 bridgehead atoms. The summed E-state index contributed by atoms with van der Waals surface area (Å²) in [5.74, 6) is 0.617. The highest BCUT2D eigenvalue weighted by atomic mass is 35.5. The van der Waals surface area contributed by atoms with Gasteiger partial charge in [0.2, 0.25) is 0 Å². The number of halogens is 3. The number of rotatable bonds is 4. The Balaban J connectivity index is 1.90. The van der Waals surface area contributed by atoms with Crippen molar-refractivity contribution in [2.75, 3.05) is 5.32 Å². The van der Waals surface area contributed by atoms with Crippen LogP contribution in [0.5, 0.6) is 5.75 Å². The number of phenolic OH excluding ortho intramolecular Hbond substituents is 1. The number of hydrogen-bond donors (Lipinski definition) is 2. The minimum atomic E-state index is -0.554. The lowest BCUT2D eigenvalue weighted by atomic mass is 9.96. The Morgan fingerprint density at radius 1 is 0.857 bits per heavy atom. The molecule has 1 unspecified atom stereocenters. The molecule has 0 saturated heterocycles. The molecule has 0 radical (unpaired) electrons. The van der Waals surface area contributed by atoms with Gasteiger partial charge in [0.15, 0.2) is 0 Å². The average Bonchev–Trinajstić information content (AvgIpc) is 2.69. The van der Waals surface area contributed by atoms with E-state index in [-0.39, 0.29) is 5.75 Å². The van der Waals surface area contributed by atoms with Crippen LogP contribution in [-0.2, 0) is 0 Å². The minimum Gasteiger partial charge on any atom is -0.505 e. The second-order valence-electron chi connectivity index (χ2n) is 6.15. The van der Waals surface area contributed by atoms with Crippen LogP contribution in [0.1, 0.15) is 17.2 Å². The maximum atomic E-state index is 11.0. The second-order valence-corrected chi connectivity index (χ2v) is 7.40. The van der Waals surface area contributed by atoms with Crippen molar-refractivity contribution in [3.8, 4) is 5.75 Å². The van der Waals surface area contributed by atoms with Gasteiger partial charge in [0, 0.05) is 39.0 Å². The molecule has 7 heteroatoms. The number of hydrogen-bond acceptors (Lipinski definition) is 4. The number of benzene rings is 2. The fourth-order valence-corrected chi connectivity index (χ4v) is 3.81. The van der Waals surface area contributed by atoms with Gasteiger partial charge in [-0.25, -0.2) is 4.98 Å². The molecule has 1 atom stereocenters. The molecule has 0 amide bonds. The maximum absolute atomic E-state index is 11.0. The van der Waals surface area contributed by atoms with Crippen LogP contribution in [0.2, 0.25) is 15.1 Å². The molecule has 4 rings (SSSR count). The first kappa shape index (κ1) is 18.8. The number of fused-ring (bicyclic) bond motifs is 1. The summed E-state index contributed by atoms with van der Waals surface area (Å²) in [5, 5.41) is 16.6. The van der Waals surface area contributed by atoms with Gasteiger partial charge >= 0.3 is 0 Å². The van der Waals surface area contributed by atoms with Gasteiger partial charge in [0.25, 0.3) is 0 Å². The van der Waals surface area contributed by atoms with Crippen molar-refractivity contribution in [1.82, 2.24) is 9.97 Å². The molecular formula is C21H14Cl3N3O. The first-order valence-electron chi connectivity index (χ1n) is 8.43. The van der Waals surface area contributed by atoms with Crippen LogP contribution in [0.15, 0.2) is 67.0 Å². The van der Waals surface area contributed by atoms with Crippen molar-refractivity contribution in [2.24, 2.45) is 0 Å². The van der Waals surface area contributed by atoms with E-state index in [0.29, 0.717) is 37.5 Å². The zero-order chi connectivity index (χ0) is 19.7. The molecular weight excluding hydrogens is 417 g/mol. The predicted molar refractivity (Wildman–Crippen MR) is 115 cm³/mol. The fraction of sp³-hybridized carbons (Fsp3) is 0.0476. The average molecular weight is 431 g/mol. The van der Waals surface area contributed by atoms with E-state index in [9.17, 15) is 5.11 Å². The Bertz CT molecular complexity index is 1130. The minimum absolute atomic E-state index is 0.0561. The van der Waals surface area contributed by atoms with E-state index in [1.807, 2.05) is 24.3 Å². The van der Waals surface area contributed by atoms with Gasteiger partial charge in [-0.05, 0) is 30.3 Å². The van der Waals surface area contributed by atoms with Crippen LogP contribution in [0, 0.1) is 0 Å². The Hall–Kier alpha value is -2.53. The van der Waals surface area contributed by atoms with Crippen molar-refractivity contribution >= 4 is 51.5 Å². The molecule has 2 heterocycles. The van der Waals surface area contributed by atoms with Crippen molar-refractivity contribution in [2.45, 2.75) is 6.04 Å². The summed E-state index contributed by atoms with van der Waals surface area (Å²) in [6.45, 7) is 0. The number of phenols is 1. The summed E-state index contributed by atoms with van der Waals surface area (Å²) in [6.07, 6.45) is 3.18. The predicted octanol–water partition coefficient (Wildman–Crippen LogP) is 6.50. The topological polar surface area (TPSA) is 58.0 Å². The van der Waals surface area contributed by atoms with Crippen LogP contribution >= 0.6 is 34.8 Å². The number of aromatic hydroxyl groups is 1. The van der Waals surface area contributed by atoms with Crippen molar-refractivity contribution < 1.29 is 5.11 Å². The molecule has 4 nitrogen and oxygen atoms in total. The first-order chi connectivity index (χ1) is 13.5. The third kappa shape index (κ3) is 3.59. The van der Waals surface area contributed by atoms with E-state index in [1.165, 1.54) is 6.20 Å². The van der Waals surface area contributed by atoms with Crippen molar-refractivity contribution in [3.05, 3.63) is 93.2 Å². The smallest absolute Gasteiger partial charge is 0.147 e. The Labute approximate surface area is 176 Å². The summed E-state index contributed by atoms with van der Waals surface area (Å²) >= 11 is 18.9. The van der Waals surface area contributed by atoms with E-state index >= 15 is 0 Å². The number of anilines is 1. The second kappa shape index (κ2) is 7.84. The lowest BCUT2D eigenvalue weighted by Crippen LogP contribution is -2.15. The van der Waals surface area contributed by atoms with Crippen LogP contribution in [-0.4, -0.2) is 15.1 Å². The van der Waals surface area contributed by atoms with Gasteiger partial charge < -0.3 is 10.4 Å². The quantitative estimate of drug-likeness (QED) is 0.388. The first-order valence-corrected chi connectivity index (χ1v) is 9.56. The number of pyridine rings is 2. The van der Waals surface area contributed by atoms with Crippen LogP contribution in [0.25, 0.3) is 10.9 Å². The number of aromatic nitrogens is 2. The Kier molecular flexibility index (Phi) is 5.27. The normalized spacial score (nSPS) is 12.1. The molecule has 0 fully saturated rings. The van der Waals surface area contributed by atoms with E-state index in [1.54, 1.807) is 36.5 Å². The lowest BCUT2D eigenvalue weighted by Gasteiger charge is -2.24. The largest absolute Gasteiger partial charge is 0.505 e. The molecule has 4 aromatic rings. The lowest BCUT2D eigenvalue weighted by molar-refractivity contribution is 0.471. The van der Waals surface area contributed by atoms with E-state index in [0.717, 1.165) is 5.39 Å². The monoisotopic (exact) mass is 429 g/mol. The molecule has 0 saturated carbocycles. The Morgan fingerprint density at radius 3 is 2.36 bits per heavy atom. The Morgan fingerprint density at radius 2 is 1.64 bits per heavy atom. The molecule has 0 aliphatic heterocycles. The van der Waals surface area contributed by atoms with E-state index < -0.39 is 6.04 Å². The van der Waals surface area contributed by atoms with Crippen LogP contribution in [0.4, 0.5) is 5.82 Å². The van der Waals surface area contributed by atoms with Gasteiger partial charge in [-0.1, -0.05) is 59.1 Å². The molecule has 0 spiro atoms. The van der Waals surface area contributed by atoms with Gasteiger partial charge in [-0.2, -0.15) is 0 Å². The maximum Gasteiger partial charge on any atom is 0.147 e. The third-order valence-corrected chi connectivity index (χ3v) is 5.28. The molecule has 140 valence electrons. The molecule has 2 aromatic carbocycles. The van der Waals surface area contributed by atoms with Gasteiger partial charge in [0.1, 0.15) is 17.1 Å². The zero-order valence-electron chi connectivity index (χ0n) is 14.4. The number of nitrogens with one attached hydrogen (secondary N) is 1. The van der Waals surface area contributed by atoms with Crippen LogP contribution in [0.3, 0.4) is 0 Å². The summed E-state index contributed by atoms with van der Waals surface area (Å²) in [5.41, 5.74) is 1.71. The zero-order valence-corrected chi connectivity index (χ0v) is 16.7. The molecule has 0 aliphatic carbocycles. The summed E-state index contributed by atoms with van der Waals surface area (Å²) < 4.78 is 0. The summed E-state index contributed by atoms with van der Waals surface area (Å²) in [6, 6.07) is 15.6. The van der Waals surface area contributed by atoms with Gasteiger partial charge in [-0.3, -0.25) is 4.98 Å². The van der Waals surface area contributed by atoms with E-state index in [4.69, 9.17) is 34.8 Å². The standard InChI is InChI=1S/C21H14Cl3N3O/c22-13-7-9-17(26-11-13)27-20(18-15(23)4-1-5-16(18)24)14-8-6-12-3-2-10-25-19(12)21(14)28/h1-11,20,28H,(H,26,27). The van der Waals surface area contributed by atoms with Gasteiger partial charge in [-0.15, -0.1) is 0 Å². The number of nitrogens with zero attached hydrogens (tertiary/aromatic N) is 2. The van der Waals surface area contributed by atoms with Crippen molar-refractivity contribution in [3.63, 3.8) is 0 Å². The van der Waals surface area contributed by atoms with Crippen LogP contribution < -0.4 is 5.32 Å². The highest BCUT2D eigenvalue weighted by molar-refractivity contribution is 6.36. The molecule has 2 N–H and O–H groups in total. The summed E-state index contributed by atoms with van der Waals surface area (Å²) in [7, 11) is 0. The fourth-order valence-electron chi connectivity index (χ4n) is 3.08. The molecule has 28 heavy (non-hydrogen) atoms. The molecule has 0 aliphatic rings. The van der Waals surface area contributed by atoms with E-state index in [2.05, 4.69) is 15.3 Å². The molecule has 2 aromatic heterocycles. The summed E-state index contributed by atoms with van der Waals surface area (Å²) in [4.78, 5) is 8.60. The highest BCUT2D eigenvalue weighted by Crippen LogP contribution is 2.41. The highest BCUT2D eigenvalue weighted by Gasteiger charge is 2.24.